The van der Waals surface area contributed by atoms with Crippen LogP contribution in [0.25, 0.3) is 0 Å². The van der Waals surface area contributed by atoms with E-state index < -0.39 is 0 Å². The summed E-state index contributed by atoms with van der Waals surface area (Å²) in [7, 11) is 0. The van der Waals surface area contributed by atoms with Crippen molar-refractivity contribution >= 4 is 46.8 Å². The average Bonchev–Trinajstić information content (AvgIpc) is 3.23. The van der Waals surface area contributed by atoms with Gasteiger partial charge in [-0.25, -0.2) is 17.6 Å². The number of nitrogens with one attached hydrogen (secondary N) is 2. The number of amides is 1. The molecule has 4 aromatic rings. The van der Waals surface area contributed by atoms with E-state index in [0.29, 0.717) is 17.5 Å². The maximum absolute atomic E-state index is 13.4. The van der Waals surface area contributed by atoms with Crippen LogP contribution in [0.15, 0.2) is 97.1 Å². The van der Waals surface area contributed by atoms with Gasteiger partial charge in [0.05, 0.1) is 10.5 Å². The number of thioether (sulfide) groups is 2. The van der Waals surface area contributed by atoms with Crippen molar-refractivity contribution in [2.24, 2.45) is 10.8 Å². The fraction of sp³-hybridized carbons (Fsp3) is 0.500. The minimum absolute atomic E-state index is 0. The van der Waals surface area contributed by atoms with E-state index in [1.54, 1.807) is 36.0 Å². The molecule has 0 aliphatic carbocycles. The number of carbonyl (C=O) groups excluding carboxylic acids is 1. The molecule has 1 amide bonds. The van der Waals surface area contributed by atoms with Crippen molar-refractivity contribution in [3.05, 3.63) is 143 Å². The van der Waals surface area contributed by atoms with Crippen LogP contribution in [0.1, 0.15) is 101 Å². The van der Waals surface area contributed by atoms with Gasteiger partial charge in [-0.05, 0) is 115 Å². The second-order valence-corrected chi connectivity index (χ2v) is 21.0. The molecule has 13 heteroatoms. The molecule has 2 fully saturated rings. The normalized spacial score (nSPS) is 15.4. The molecule has 5 nitrogen and oxygen atoms in total. The molecule has 0 unspecified atom stereocenters. The second kappa shape index (κ2) is 26.8. The van der Waals surface area contributed by atoms with Gasteiger partial charge in [0.25, 0.3) is 0 Å². The molecule has 6 rings (SSSR count). The number of piperidine rings is 2. The summed E-state index contributed by atoms with van der Waals surface area (Å²) in [6, 6.07) is 27.4. The fourth-order valence-corrected chi connectivity index (χ4v) is 10.3. The molecular formula is C50H70AlF4LiN4OS2. The topological polar surface area (TPSA) is 47.6 Å². The van der Waals surface area contributed by atoms with E-state index in [-0.39, 0.29) is 82.7 Å². The van der Waals surface area contributed by atoms with Gasteiger partial charge >= 0.3 is 18.9 Å². The number of nitrogens with zero attached hydrogens (tertiary/aromatic N) is 2. The van der Waals surface area contributed by atoms with Crippen molar-refractivity contribution in [1.82, 2.24) is 20.4 Å². The Morgan fingerprint density at radius 2 is 0.889 bits per heavy atom. The summed E-state index contributed by atoms with van der Waals surface area (Å²) in [5, 5.41) is 7.42. The van der Waals surface area contributed by atoms with E-state index in [4.69, 9.17) is 0 Å². The summed E-state index contributed by atoms with van der Waals surface area (Å²) in [5.41, 5.74) is 4.13. The van der Waals surface area contributed by atoms with Crippen LogP contribution in [0.4, 0.5) is 17.6 Å². The second-order valence-electron chi connectivity index (χ2n) is 18.5. The molecule has 2 aliphatic heterocycles. The number of halogens is 4. The standard InChI is InChI=1S/C25H32F2N2OS.C25H34F2N2S.Al.Li.4H/c1-25(2,3)24(30)29-15-12-22(13-16-29)28-14-17-31-23(18-4-8-20(26)9-5-18)19-6-10-21(27)11-7-19;1-25(2,3)18-29-15-12-23(13-16-29)28-14-17-30-24(19-4-8-21(26)9-5-19)20-6-10-22(27)11-7-20;;;;;;/h4-11,22-23,28H,12-17H2,1-3H3;4-11,23-24,28H,12-18H2,1-3H3;;;;;;/q;;;+1;;;;-1. The van der Waals surface area contributed by atoms with Crippen molar-refractivity contribution in [2.75, 3.05) is 57.3 Å². The van der Waals surface area contributed by atoms with Crippen LogP contribution in [0.2, 0.25) is 0 Å². The summed E-state index contributed by atoms with van der Waals surface area (Å²) >= 11 is 3.58. The quantitative estimate of drug-likeness (QED) is 0.0747. The molecule has 0 radical (unpaired) electrons. The molecule has 340 valence electrons. The van der Waals surface area contributed by atoms with Crippen LogP contribution >= 0.6 is 23.5 Å². The Hall–Kier alpha value is -2.22. The van der Waals surface area contributed by atoms with Crippen LogP contribution in [0, 0.1) is 34.1 Å². The maximum atomic E-state index is 13.4. The molecule has 4 aromatic carbocycles. The van der Waals surface area contributed by atoms with Crippen molar-refractivity contribution < 1.29 is 42.6 Å². The van der Waals surface area contributed by atoms with E-state index in [1.165, 1.54) is 61.4 Å². The SMILES string of the molecule is CC(C)(C)C(=O)N1CCC(NCCSC(c2ccc(F)cc2)c2ccc(F)cc2)CC1.CC(C)(C)CN1CCC(NCCSC(c2ccc(F)cc2)c2ccc(F)cc2)CC1.[AlH3].[H-].[Li+]. The minimum Gasteiger partial charge on any atom is -1.00 e. The van der Waals surface area contributed by atoms with E-state index >= 15 is 0 Å². The summed E-state index contributed by atoms with van der Waals surface area (Å²) in [4.78, 5) is 17.0. The summed E-state index contributed by atoms with van der Waals surface area (Å²) in [5.74, 6) is 1.06. The third-order valence-corrected chi connectivity index (χ3v) is 13.7. The largest absolute Gasteiger partial charge is 1.00 e. The Balaban J connectivity index is 0.000000421. The third-order valence-electron chi connectivity index (χ3n) is 11.0. The van der Waals surface area contributed by atoms with Crippen LogP contribution in [0.5, 0.6) is 0 Å². The zero-order valence-corrected chi connectivity index (χ0v) is 39.5. The Morgan fingerprint density at radius 3 is 1.17 bits per heavy atom. The minimum atomic E-state index is -0.327. The van der Waals surface area contributed by atoms with Crippen molar-refractivity contribution in [3.63, 3.8) is 0 Å². The Labute approximate surface area is 407 Å². The molecule has 0 bridgehead atoms. The maximum Gasteiger partial charge on any atom is 1.00 e. The number of benzene rings is 4. The van der Waals surface area contributed by atoms with Crippen LogP contribution in [-0.2, 0) is 4.79 Å². The van der Waals surface area contributed by atoms with Gasteiger partial charge in [-0.1, -0.05) is 90.1 Å². The molecule has 2 aliphatic rings. The molecule has 2 saturated heterocycles. The number of hydrogen-bond acceptors (Lipinski definition) is 6. The number of hydrogen-bond donors (Lipinski definition) is 2. The van der Waals surface area contributed by atoms with Crippen LogP contribution in [-0.4, -0.2) is 102 Å². The van der Waals surface area contributed by atoms with E-state index in [9.17, 15) is 22.4 Å². The summed E-state index contributed by atoms with van der Waals surface area (Å²) in [6.45, 7) is 19.7. The van der Waals surface area contributed by atoms with E-state index in [0.717, 1.165) is 92.4 Å². The van der Waals surface area contributed by atoms with Crippen molar-refractivity contribution in [3.8, 4) is 0 Å². The van der Waals surface area contributed by atoms with Gasteiger partial charge in [-0.3, -0.25) is 4.79 Å². The summed E-state index contributed by atoms with van der Waals surface area (Å²) < 4.78 is 53.5. The van der Waals surface area contributed by atoms with Gasteiger partial charge in [0.2, 0.25) is 5.91 Å². The van der Waals surface area contributed by atoms with Crippen molar-refractivity contribution in [2.45, 2.75) is 89.8 Å². The Morgan fingerprint density at radius 1 is 0.587 bits per heavy atom. The molecule has 0 aromatic heterocycles. The number of likely N-dealkylation sites (tertiary alicyclic amines) is 2. The zero-order chi connectivity index (χ0) is 44.0. The molecule has 63 heavy (non-hydrogen) atoms. The zero-order valence-electron chi connectivity index (χ0n) is 38.9. The van der Waals surface area contributed by atoms with Gasteiger partial charge in [0.15, 0.2) is 17.4 Å². The van der Waals surface area contributed by atoms with Gasteiger partial charge < -0.3 is 21.9 Å². The van der Waals surface area contributed by atoms with Crippen molar-refractivity contribution in [1.29, 1.82) is 0 Å². The molecule has 2 heterocycles. The molecular weight excluding hydrogens is 847 g/mol. The first kappa shape index (κ1) is 55.1. The van der Waals surface area contributed by atoms with Gasteiger partial charge in [-0.2, -0.15) is 0 Å². The van der Waals surface area contributed by atoms with E-state index in [1.807, 2.05) is 61.7 Å². The average molecular weight is 917 g/mol. The Bertz CT molecular complexity index is 1820. The third kappa shape index (κ3) is 18.9. The number of carbonyl (C=O) groups is 1. The summed E-state index contributed by atoms with van der Waals surface area (Å²) in [6.07, 6.45) is 4.32. The fourth-order valence-electron chi connectivity index (χ4n) is 7.93. The molecule has 0 atom stereocenters. The smallest absolute Gasteiger partial charge is 1.00 e. The van der Waals surface area contributed by atoms with Gasteiger partial charge in [0, 0.05) is 61.7 Å². The molecule has 2 N–H and O–H groups in total. The number of rotatable bonds is 15. The predicted octanol–water partition coefficient (Wildman–Crippen LogP) is 7.23. The van der Waals surface area contributed by atoms with Gasteiger partial charge in [0.1, 0.15) is 23.3 Å². The van der Waals surface area contributed by atoms with Crippen LogP contribution < -0.4 is 29.5 Å². The first-order valence-electron chi connectivity index (χ1n) is 21.8. The monoisotopic (exact) mass is 916 g/mol. The molecule has 0 spiro atoms. The first-order chi connectivity index (χ1) is 29.0. The van der Waals surface area contributed by atoms with E-state index in [2.05, 4.69) is 36.3 Å². The van der Waals surface area contributed by atoms with Crippen LogP contribution in [0.3, 0.4) is 0 Å². The predicted molar refractivity (Wildman–Crippen MR) is 259 cm³/mol. The first-order valence-corrected chi connectivity index (χ1v) is 23.9. The van der Waals surface area contributed by atoms with Gasteiger partial charge in [-0.15, -0.1) is 23.5 Å². The molecule has 0 saturated carbocycles. The Kier molecular flexibility index (Phi) is 23.4.